The number of aliphatic hydroxyl groups excluding tert-OH is 2. The van der Waals surface area contributed by atoms with Gasteiger partial charge in [-0.3, -0.25) is 0 Å². The van der Waals surface area contributed by atoms with Crippen molar-refractivity contribution in [1.82, 2.24) is 4.57 Å². The molecule has 0 saturated heterocycles. The Kier molecular flexibility index (Phi) is 3.84. The van der Waals surface area contributed by atoms with Crippen LogP contribution < -0.4 is 0 Å². The lowest BCUT2D eigenvalue weighted by atomic mass is 10.3. The molecule has 68 valence electrons. The molecule has 0 radical (unpaired) electrons. The average Bonchev–Trinajstić information content (AvgIpc) is 2.53. The number of aromatic nitrogens is 1. The summed E-state index contributed by atoms with van der Waals surface area (Å²) in [6.07, 6.45) is 5.70. The lowest BCUT2D eigenvalue weighted by molar-refractivity contribution is 0.279. The Morgan fingerprint density at radius 3 is 2.67 bits per heavy atom. The van der Waals surface area contributed by atoms with Crippen molar-refractivity contribution in [2.45, 2.75) is 26.0 Å². The van der Waals surface area contributed by atoms with Gasteiger partial charge in [0.05, 0.1) is 6.61 Å². The average molecular weight is 169 g/mol. The highest BCUT2D eigenvalue weighted by molar-refractivity contribution is 5.08. The maximum Gasteiger partial charge on any atom is 0.0696 e. The summed E-state index contributed by atoms with van der Waals surface area (Å²) in [7, 11) is 0. The maximum atomic E-state index is 8.77. The van der Waals surface area contributed by atoms with Gasteiger partial charge in [-0.25, -0.2) is 0 Å². The van der Waals surface area contributed by atoms with Gasteiger partial charge >= 0.3 is 0 Å². The number of hydrogen-bond acceptors (Lipinski definition) is 2. The molecule has 0 saturated carbocycles. The molecule has 1 aromatic heterocycles. The van der Waals surface area contributed by atoms with Crippen molar-refractivity contribution in [2.24, 2.45) is 0 Å². The summed E-state index contributed by atoms with van der Waals surface area (Å²) in [5.74, 6) is 0. The van der Waals surface area contributed by atoms with Crippen molar-refractivity contribution in [2.75, 3.05) is 6.61 Å². The Balaban J connectivity index is 2.31. The van der Waals surface area contributed by atoms with E-state index in [1.807, 2.05) is 23.0 Å². The number of hydrogen-bond donors (Lipinski definition) is 2. The van der Waals surface area contributed by atoms with E-state index in [9.17, 15) is 0 Å². The molecule has 0 spiro atoms. The van der Waals surface area contributed by atoms with Crippen LogP contribution in [0.1, 0.15) is 18.4 Å². The molecule has 3 nitrogen and oxygen atoms in total. The predicted octanol–water partition coefficient (Wildman–Crippen LogP) is 0.753. The van der Waals surface area contributed by atoms with Crippen LogP contribution in [0, 0.1) is 0 Å². The van der Waals surface area contributed by atoms with Crippen LogP contribution in [-0.2, 0) is 13.2 Å². The zero-order valence-corrected chi connectivity index (χ0v) is 7.11. The van der Waals surface area contributed by atoms with Gasteiger partial charge in [-0.05, 0) is 24.5 Å². The number of unbranched alkanes of at least 4 members (excludes halogenated alkanes) is 1. The molecule has 0 aliphatic carbocycles. The van der Waals surface area contributed by atoms with Crippen LogP contribution in [0.2, 0.25) is 0 Å². The minimum atomic E-state index is 0.104. The third-order valence-corrected chi connectivity index (χ3v) is 1.82. The maximum absolute atomic E-state index is 8.77. The highest BCUT2D eigenvalue weighted by Gasteiger charge is 1.94. The summed E-state index contributed by atoms with van der Waals surface area (Å²) < 4.78 is 2.03. The molecule has 0 aliphatic rings. The normalized spacial score (nSPS) is 10.5. The molecular weight excluding hydrogens is 154 g/mol. The Morgan fingerprint density at radius 1 is 1.25 bits per heavy atom. The van der Waals surface area contributed by atoms with Crippen LogP contribution in [-0.4, -0.2) is 21.4 Å². The van der Waals surface area contributed by atoms with Gasteiger partial charge in [0.25, 0.3) is 0 Å². The Labute approximate surface area is 72.3 Å². The quantitative estimate of drug-likeness (QED) is 0.639. The molecule has 0 bridgehead atoms. The topological polar surface area (TPSA) is 45.4 Å². The fraction of sp³-hybridized carbons (Fsp3) is 0.556. The Morgan fingerprint density at radius 2 is 2.08 bits per heavy atom. The first-order valence-electron chi connectivity index (χ1n) is 4.23. The summed E-state index contributed by atoms with van der Waals surface area (Å²) in [5, 5.41) is 17.3. The fourth-order valence-electron chi connectivity index (χ4n) is 1.13. The van der Waals surface area contributed by atoms with Crippen molar-refractivity contribution >= 4 is 0 Å². The molecule has 0 amide bonds. The van der Waals surface area contributed by atoms with Crippen molar-refractivity contribution in [3.63, 3.8) is 0 Å². The molecule has 1 rings (SSSR count). The van der Waals surface area contributed by atoms with E-state index in [2.05, 4.69) is 0 Å². The van der Waals surface area contributed by atoms with E-state index in [-0.39, 0.29) is 13.2 Å². The van der Waals surface area contributed by atoms with Crippen molar-refractivity contribution in [1.29, 1.82) is 0 Å². The SMILES string of the molecule is OCCCCn1ccc(CO)c1. The van der Waals surface area contributed by atoms with Gasteiger partial charge in [0.2, 0.25) is 0 Å². The smallest absolute Gasteiger partial charge is 0.0696 e. The zero-order chi connectivity index (χ0) is 8.81. The van der Waals surface area contributed by atoms with Gasteiger partial charge in [0.15, 0.2) is 0 Å². The monoisotopic (exact) mass is 169 g/mol. The first-order valence-corrected chi connectivity index (χ1v) is 4.23. The number of nitrogens with zero attached hydrogens (tertiary/aromatic N) is 1. The summed E-state index contributed by atoms with van der Waals surface area (Å²) >= 11 is 0. The zero-order valence-electron chi connectivity index (χ0n) is 7.11. The summed E-state index contributed by atoms with van der Waals surface area (Å²) in [5.41, 5.74) is 0.944. The van der Waals surface area contributed by atoms with Gasteiger partial charge in [0.1, 0.15) is 0 Å². The van der Waals surface area contributed by atoms with Crippen LogP contribution >= 0.6 is 0 Å². The molecule has 0 aliphatic heterocycles. The highest BCUT2D eigenvalue weighted by Crippen LogP contribution is 2.02. The van der Waals surface area contributed by atoms with E-state index in [0.717, 1.165) is 24.9 Å². The Bertz CT molecular complexity index is 220. The third-order valence-electron chi connectivity index (χ3n) is 1.82. The molecular formula is C9H15NO2. The molecule has 0 atom stereocenters. The van der Waals surface area contributed by atoms with Crippen LogP contribution in [0.5, 0.6) is 0 Å². The predicted molar refractivity (Wildman–Crippen MR) is 46.7 cm³/mol. The second kappa shape index (κ2) is 4.95. The van der Waals surface area contributed by atoms with Gasteiger partial charge in [0, 0.05) is 25.5 Å². The van der Waals surface area contributed by atoms with E-state index in [4.69, 9.17) is 10.2 Å². The second-order valence-corrected chi connectivity index (χ2v) is 2.85. The van der Waals surface area contributed by atoms with Crippen molar-refractivity contribution in [3.05, 3.63) is 24.0 Å². The van der Waals surface area contributed by atoms with E-state index < -0.39 is 0 Å². The van der Waals surface area contributed by atoms with E-state index in [1.165, 1.54) is 0 Å². The summed E-state index contributed by atoms with van der Waals surface area (Å²) in [6.45, 7) is 1.28. The van der Waals surface area contributed by atoms with Gasteiger partial charge in [-0.1, -0.05) is 0 Å². The lowest BCUT2D eigenvalue weighted by Crippen LogP contribution is -1.95. The highest BCUT2D eigenvalue weighted by atomic mass is 16.3. The molecule has 3 heteroatoms. The molecule has 0 aromatic carbocycles. The van der Waals surface area contributed by atoms with E-state index >= 15 is 0 Å². The molecule has 1 aromatic rings. The molecule has 2 N–H and O–H groups in total. The lowest BCUT2D eigenvalue weighted by Gasteiger charge is -2.00. The number of aliphatic hydroxyl groups is 2. The third kappa shape index (κ3) is 2.68. The standard InChI is InChI=1S/C9H15NO2/c11-6-2-1-4-10-5-3-9(7-10)8-12/h3,5,7,11-12H,1-2,4,6,8H2. The first-order chi connectivity index (χ1) is 5.86. The van der Waals surface area contributed by atoms with Gasteiger partial charge in [-0.15, -0.1) is 0 Å². The first kappa shape index (κ1) is 9.29. The van der Waals surface area contributed by atoms with Crippen LogP contribution in [0.4, 0.5) is 0 Å². The summed E-state index contributed by atoms with van der Waals surface area (Å²) in [6, 6.07) is 1.90. The number of rotatable bonds is 5. The fourth-order valence-corrected chi connectivity index (χ4v) is 1.13. The van der Waals surface area contributed by atoms with E-state index in [0.29, 0.717) is 0 Å². The van der Waals surface area contributed by atoms with Crippen LogP contribution in [0.3, 0.4) is 0 Å². The van der Waals surface area contributed by atoms with Gasteiger partial charge < -0.3 is 14.8 Å². The molecule has 0 unspecified atom stereocenters. The van der Waals surface area contributed by atoms with Crippen LogP contribution in [0.25, 0.3) is 0 Å². The van der Waals surface area contributed by atoms with Crippen molar-refractivity contribution < 1.29 is 10.2 Å². The number of aryl methyl sites for hydroxylation is 1. The largest absolute Gasteiger partial charge is 0.396 e. The van der Waals surface area contributed by atoms with Gasteiger partial charge in [-0.2, -0.15) is 0 Å². The molecule has 1 heterocycles. The minimum Gasteiger partial charge on any atom is -0.396 e. The van der Waals surface area contributed by atoms with E-state index in [1.54, 1.807) is 0 Å². The Hall–Kier alpha value is -0.800. The molecule has 0 fully saturated rings. The second-order valence-electron chi connectivity index (χ2n) is 2.85. The summed E-state index contributed by atoms with van der Waals surface area (Å²) in [4.78, 5) is 0. The minimum absolute atomic E-state index is 0.104. The van der Waals surface area contributed by atoms with Crippen molar-refractivity contribution in [3.8, 4) is 0 Å². The van der Waals surface area contributed by atoms with Crippen LogP contribution in [0.15, 0.2) is 18.5 Å². The molecule has 12 heavy (non-hydrogen) atoms.